The summed E-state index contributed by atoms with van der Waals surface area (Å²) in [5.74, 6) is -2.53. The van der Waals surface area contributed by atoms with Crippen molar-refractivity contribution in [3.05, 3.63) is 91.9 Å². The predicted octanol–water partition coefficient (Wildman–Crippen LogP) is 6.27. The van der Waals surface area contributed by atoms with Gasteiger partial charge < -0.3 is 9.47 Å². The maximum absolute atomic E-state index is 13.0. The molecule has 0 aromatic heterocycles. The standard InChI is InChI=1S/C26H18Cl3NO6/c1-3-21(23(31)13-7-5-4-6-8-13)36-26(34)16-11-19(29)20(12-22(16)35-2)30-24(32)14-9-17(27)18(28)10-15(14)25(30)33/h4-12,21H,3H2,1-2H3/t21-/m0/s1. The molecule has 4 rings (SSSR count). The van der Waals surface area contributed by atoms with Crippen molar-refractivity contribution in [3.63, 3.8) is 0 Å². The number of benzene rings is 3. The summed E-state index contributed by atoms with van der Waals surface area (Å²) in [7, 11) is 1.30. The molecule has 0 radical (unpaired) electrons. The van der Waals surface area contributed by atoms with E-state index >= 15 is 0 Å². The SMILES string of the molecule is CC[C@H](OC(=O)c1cc(Cl)c(N2C(=O)c3cc(Cl)c(Cl)cc3C2=O)cc1OC)C(=O)c1ccccc1. The van der Waals surface area contributed by atoms with Crippen LogP contribution >= 0.6 is 34.8 Å². The van der Waals surface area contributed by atoms with Crippen LogP contribution in [0.5, 0.6) is 5.75 Å². The number of methoxy groups -OCH3 is 1. The summed E-state index contributed by atoms with van der Waals surface area (Å²) in [6, 6.07) is 13.6. The highest BCUT2D eigenvalue weighted by molar-refractivity contribution is 6.45. The highest BCUT2D eigenvalue weighted by atomic mass is 35.5. The summed E-state index contributed by atoms with van der Waals surface area (Å²) in [4.78, 5) is 52.7. The molecule has 7 nitrogen and oxygen atoms in total. The third kappa shape index (κ3) is 4.57. The molecule has 184 valence electrons. The maximum Gasteiger partial charge on any atom is 0.342 e. The molecule has 1 heterocycles. The van der Waals surface area contributed by atoms with Gasteiger partial charge in [0.05, 0.1) is 39.0 Å². The minimum absolute atomic E-state index is 0.00378. The molecule has 1 aliphatic rings. The van der Waals surface area contributed by atoms with Crippen LogP contribution in [-0.4, -0.2) is 36.8 Å². The minimum Gasteiger partial charge on any atom is -0.496 e. The van der Waals surface area contributed by atoms with E-state index in [-0.39, 0.29) is 55.4 Å². The van der Waals surface area contributed by atoms with Gasteiger partial charge in [0.2, 0.25) is 5.78 Å². The molecule has 0 spiro atoms. The average molecular weight is 547 g/mol. The fourth-order valence-electron chi connectivity index (χ4n) is 3.80. The third-order valence-electron chi connectivity index (χ3n) is 5.63. The first-order chi connectivity index (χ1) is 17.2. The van der Waals surface area contributed by atoms with Crippen LogP contribution in [-0.2, 0) is 4.74 Å². The lowest BCUT2D eigenvalue weighted by atomic mass is 10.0. The molecular weight excluding hydrogens is 529 g/mol. The summed E-state index contributed by atoms with van der Waals surface area (Å²) in [5, 5.41) is 0.156. The van der Waals surface area contributed by atoms with Gasteiger partial charge >= 0.3 is 5.97 Å². The predicted molar refractivity (Wildman–Crippen MR) is 136 cm³/mol. The first-order valence-corrected chi connectivity index (χ1v) is 11.9. The number of imide groups is 1. The normalized spacial score (nSPS) is 13.4. The van der Waals surface area contributed by atoms with Gasteiger partial charge in [-0.15, -0.1) is 0 Å². The Labute approximate surface area is 221 Å². The zero-order valence-electron chi connectivity index (χ0n) is 19.0. The molecule has 10 heteroatoms. The Kier molecular flexibility index (Phi) is 7.36. The topological polar surface area (TPSA) is 90.0 Å². The number of esters is 1. The van der Waals surface area contributed by atoms with Crippen LogP contribution in [0.25, 0.3) is 0 Å². The molecule has 3 aromatic carbocycles. The van der Waals surface area contributed by atoms with Gasteiger partial charge in [-0.2, -0.15) is 0 Å². The zero-order chi connectivity index (χ0) is 26.1. The minimum atomic E-state index is -1.03. The first kappa shape index (κ1) is 25.7. The molecule has 0 N–H and O–H groups in total. The quantitative estimate of drug-likeness (QED) is 0.197. The van der Waals surface area contributed by atoms with Crippen molar-refractivity contribution in [2.24, 2.45) is 0 Å². The largest absolute Gasteiger partial charge is 0.496 e. The van der Waals surface area contributed by atoms with E-state index < -0.39 is 23.9 Å². The van der Waals surface area contributed by atoms with E-state index in [0.717, 1.165) is 4.90 Å². The van der Waals surface area contributed by atoms with Crippen molar-refractivity contribution in [2.75, 3.05) is 12.0 Å². The molecule has 1 aliphatic heterocycles. The zero-order valence-corrected chi connectivity index (χ0v) is 21.3. The van der Waals surface area contributed by atoms with Crippen LogP contribution in [0.3, 0.4) is 0 Å². The lowest BCUT2D eigenvalue weighted by Crippen LogP contribution is -2.30. The molecule has 1 atom stereocenters. The maximum atomic E-state index is 13.0. The van der Waals surface area contributed by atoms with Crippen molar-refractivity contribution in [1.29, 1.82) is 0 Å². The number of carbonyl (C=O) groups is 4. The first-order valence-electron chi connectivity index (χ1n) is 10.7. The van der Waals surface area contributed by atoms with E-state index in [1.54, 1.807) is 37.3 Å². The molecule has 0 aliphatic carbocycles. The molecule has 0 saturated carbocycles. The Morgan fingerprint density at radius 2 is 1.47 bits per heavy atom. The van der Waals surface area contributed by atoms with Gasteiger partial charge in [0.1, 0.15) is 11.3 Å². The Hall–Kier alpha value is -3.39. The second-order valence-electron chi connectivity index (χ2n) is 7.79. The van der Waals surface area contributed by atoms with E-state index in [9.17, 15) is 19.2 Å². The van der Waals surface area contributed by atoms with Crippen LogP contribution in [0.4, 0.5) is 5.69 Å². The van der Waals surface area contributed by atoms with Gasteiger partial charge in [0.25, 0.3) is 11.8 Å². The molecule has 0 bridgehead atoms. The third-order valence-corrected chi connectivity index (χ3v) is 6.65. The lowest BCUT2D eigenvalue weighted by molar-refractivity contribution is 0.0274. The number of carbonyl (C=O) groups excluding carboxylic acids is 4. The van der Waals surface area contributed by atoms with Crippen LogP contribution < -0.4 is 9.64 Å². The van der Waals surface area contributed by atoms with Crippen LogP contribution in [0.2, 0.25) is 15.1 Å². The Balaban J connectivity index is 1.65. The van der Waals surface area contributed by atoms with Crippen molar-refractivity contribution in [1.82, 2.24) is 0 Å². The van der Waals surface area contributed by atoms with Crippen LogP contribution in [0, 0.1) is 0 Å². The van der Waals surface area contributed by atoms with E-state index in [1.165, 1.54) is 31.4 Å². The number of Topliss-reactive ketones (excluding diaryl/α,β-unsaturated/α-hetero) is 1. The van der Waals surface area contributed by atoms with Crippen LogP contribution in [0.1, 0.15) is 54.8 Å². The Morgan fingerprint density at radius 1 is 0.889 bits per heavy atom. The van der Waals surface area contributed by atoms with E-state index in [2.05, 4.69) is 0 Å². The van der Waals surface area contributed by atoms with Gasteiger partial charge in [0.15, 0.2) is 6.10 Å². The highest BCUT2D eigenvalue weighted by Gasteiger charge is 2.39. The summed E-state index contributed by atoms with van der Waals surface area (Å²) >= 11 is 18.4. The van der Waals surface area contributed by atoms with Crippen LogP contribution in [0.15, 0.2) is 54.6 Å². The molecule has 36 heavy (non-hydrogen) atoms. The number of fused-ring (bicyclic) bond motifs is 1. The van der Waals surface area contributed by atoms with Crippen molar-refractivity contribution in [3.8, 4) is 5.75 Å². The molecule has 3 aromatic rings. The van der Waals surface area contributed by atoms with E-state index in [1.807, 2.05) is 0 Å². The average Bonchev–Trinajstić information content (AvgIpc) is 3.11. The number of amides is 2. The molecule has 0 unspecified atom stereocenters. The van der Waals surface area contributed by atoms with Gasteiger partial charge in [-0.25, -0.2) is 9.69 Å². The van der Waals surface area contributed by atoms with Gasteiger partial charge in [0, 0.05) is 11.6 Å². The number of ketones is 1. The van der Waals surface area contributed by atoms with E-state index in [4.69, 9.17) is 44.3 Å². The lowest BCUT2D eigenvalue weighted by Gasteiger charge is -2.20. The van der Waals surface area contributed by atoms with Gasteiger partial charge in [-0.1, -0.05) is 72.1 Å². The van der Waals surface area contributed by atoms with Crippen molar-refractivity contribution >= 4 is 64.1 Å². The number of ether oxygens (including phenoxy) is 2. The number of hydrogen-bond acceptors (Lipinski definition) is 6. The number of nitrogens with zero attached hydrogens (tertiary/aromatic N) is 1. The number of hydrogen-bond donors (Lipinski definition) is 0. The summed E-state index contributed by atoms with van der Waals surface area (Å²) in [6.45, 7) is 1.72. The highest BCUT2D eigenvalue weighted by Crippen LogP contribution is 2.39. The molecule has 0 fully saturated rings. The summed E-state index contributed by atoms with van der Waals surface area (Å²) in [5.41, 5.74) is 0.462. The second kappa shape index (κ2) is 10.3. The molecule has 2 amide bonds. The molecule has 0 saturated heterocycles. The van der Waals surface area contributed by atoms with Gasteiger partial charge in [-0.05, 0) is 24.6 Å². The number of anilines is 1. The van der Waals surface area contributed by atoms with E-state index in [0.29, 0.717) is 5.56 Å². The number of rotatable bonds is 7. The second-order valence-corrected chi connectivity index (χ2v) is 9.02. The fourth-order valence-corrected chi connectivity index (χ4v) is 4.37. The summed E-state index contributed by atoms with van der Waals surface area (Å²) < 4.78 is 10.8. The number of halogens is 3. The fraction of sp³-hybridized carbons (Fsp3) is 0.154. The molecular formula is C26H18Cl3NO6. The Morgan fingerprint density at radius 3 is 2.00 bits per heavy atom. The summed E-state index contributed by atoms with van der Waals surface area (Å²) in [6.07, 6.45) is -0.790. The van der Waals surface area contributed by atoms with Crippen molar-refractivity contribution in [2.45, 2.75) is 19.4 Å². The monoisotopic (exact) mass is 545 g/mol. The smallest absolute Gasteiger partial charge is 0.342 e. The Bertz CT molecular complexity index is 1370. The van der Waals surface area contributed by atoms with Gasteiger partial charge in [-0.3, -0.25) is 14.4 Å². The van der Waals surface area contributed by atoms with Crippen molar-refractivity contribution < 1.29 is 28.7 Å².